The summed E-state index contributed by atoms with van der Waals surface area (Å²) in [5, 5.41) is 0. The monoisotopic (exact) mass is 314 g/mol. The molecule has 1 rings (SSSR count). The van der Waals surface area contributed by atoms with Gasteiger partial charge in [0.2, 0.25) is 0 Å². The molecule has 0 radical (unpaired) electrons. The van der Waals surface area contributed by atoms with Gasteiger partial charge in [-0.25, -0.2) is 4.79 Å². The Labute approximate surface area is 117 Å². The molecular weight excluding hydrogens is 296 g/mol. The maximum Gasteiger partial charge on any atom is 0.337 e. The summed E-state index contributed by atoms with van der Waals surface area (Å²) in [7, 11) is 1.37. The molecule has 4 heteroatoms. The van der Waals surface area contributed by atoms with E-state index in [2.05, 4.69) is 41.4 Å². The summed E-state index contributed by atoms with van der Waals surface area (Å²) < 4.78 is 11.3. The molecule has 3 nitrogen and oxygen atoms in total. The summed E-state index contributed by atoms with van der Waals surface area (Å²) in [4.78, 5) is 11.4. The highest BCUT2D eigenvalue weighted by Gasteiger charge is 2.11. The lowest BCUT2D eigenvalue weighted by molar-refractivity contribution is 0.0232. The molecule has 0 spiro atoms. The summed E-state index contributed by atoms with van der Waals surface area (Å²) in [5.74, 6) is 0.150. The lowest BCUT2D eigenvalue weighted by Crippen LogP contribution is -2.15. The lowest BCUT2D eigenvalue weighted by Gasteiger charge is -2.17. The summed E-state index contributed by atoms with van der Waals surface area (Å²) in [5.41, 5.74) is 1.56. The van der Waals surface area contributed by atoms with Gasteiger partial charge in [0.15, 0.2) is 0 Å². The Balaban J connectivity index is 2.71. The van der Waals surface area contributed by atoms with Crippen LogP contribution in [0.15, 0.2) is 22.7 Å². The molecule has 1 atom stereocenters. The summed E-state index contributed by atoms with van der Waals surface area (Å²) in [6.07, 6.45) is 0.206. The smallest absolute Gasteiger partial charge is 0.337 e. The van der Waals surface area contributed by atoms with Crippen molar-refractivity contribution in [3.05, 3.63) is 33.8 Å². The van der Waals surface area contributed by atoms with E-state index in [9.17, 15) is 4.79 Å². The molecular formula is C14H19BrO3. The van der Waals surface area contributed by atoms with Crippen molar-refractivity contribution in [1.29, 1.82) is 0 Å². The number of halogens is 1. The number of benzene rings is 1. The van der Waals surface area contributed by atoms with Gasteiger partial charge in [-0.3, -0.25) is 0 Å². The largest absolute Gasteiger partial charge is 0.465 e. The van der Waals surface area contributed by atoms with Gasteiger partial charge < -0.3 is 9.47 Å². The van der Waals surface area contributed by atoms with E-state index in [4.69, 9.17) is 4.74 Å². The normalized spacial score (nSPS) is 12.6. The van der Waals surface area contributed by atoms with Crippen molar-refractivity contribution in [2.24, 2.45) is 5.92 Å². The Morgan fingerprint density at radius 2 is 2.00 bits per heavy atom. The van der Waals surface area contributed by atoms with Crippen molar-refractivity contribution in [3.8, 4) is 0 Å². The molecule has 0 aliphatic heterocycles. The van der Waals surface area contributed by atoms with E-state index in [1.165, 1.54) is 7.11 Å². The second-order valence-electron chi connectivity index (χ2n) is 4.56. The fraction of sp³-hybridized carbons (Fsp3) is 0.500. The zero-order valence-corrected chi connectivity index (χ0v) is 12.8. The first-order chi connectivity index (χ1) is 8.45. The van der Waals surface area contributed by atoms with Crippen molar-refractivity contribution in [1.82, 2.24) is 0 Å². The van der Waals surface area contributed by atoms with Crippen molar-refractivity contribution in [2.75, 3.05) is 7.11 Å². The molecule has 0 heterocycles. The van der Waals surface area contributed by atoms with Crippen molar-refractivity contribution in [3.63, 3.8) is 0 Å². The topological polar surface area (TPSA) is 35.5 Å². The summed E-state index contributed by atoms with van der Waals surface area (Å²) >= 11 is 3.44. The van der Waals surface area contributed by atoms with Gasteiger partial charge in [0, 0.05) is 4.47 Å². The van der Waals surface area contributed by atoms with E-state index < -0.39 is 0 Å². The van der Waals surface area contributed by atoms with Crippen LogP contribution in [0.1, 0.15) is 36.7 Å². The van der Waals surface area contributed by atoms with Crippen LogP contribution in [0.3, 0.4) is 0 Å². The van der Waals surface area contributed by atoms with Crippen LogP contribution in [-0.4, -0.2) is 19.2 Å². The predicted octanol–water partition coefficient (Wildman–Crippen LogP) is 3.80. The highest BCUT2D eigenvalue weighted by atomic mass is 79.9. The van der Waals surface area contributed by atoms with Gasteiger partial charge in [-0.15, -0.1) is 0 Å². The lowest BCUT2D eigenvalue weighted by atomic mass is 10.1. The average molecular weight is 315 g/mol. The van der Waals surface area contributed by atoms with Gasteiger partial charge in [0.05, 0.1) is 25.4 Å². The van der Waals surface area contributed by atoms with Gasteiger partial charge in [-0.2, -0.15) is 0 Å². The molecule has 18 heavy (non-hydrogen) atoms. The zero-order valence-electron chi connectivity index (χ0n) is 11.2. The SMILES string of the molecule is COC(=O)c1ccc(COC(C)C(C)C)c(Br)c1. The van der Waals surface area contributed by atoms with Crippen LogP contribution in [0.4, 0.5) is 0 Å². The Morgan fingerprint density at radius 1 is 1.33 bits per heavy atom. The number of hydrogen-bond donors (Lipinski definition) is 0. The first-order valence-corrected chi connectivity index (χ1v) is 6.73. The number of carbonyl (C=O) groups is 1. The van der Waals surface area contributed by atoms with E-state index in [1.54, 1.807) is 12.1 Å². The third-order valence-corrected chi connectivity index (χ3v) is 3.65. The second kappa shape index (κ2) is 6.90. The molecule has 0 bridgehead atoms. The Morgan fingerprint density at radius 3 is 2.50 bits per heavy atom. The van der Waals surface area contributed by atoms with Crippen LogP contribution >= 0.6 is 15.9 Å². The number of esters is 1. The molecule has 0 amide bonds. The molecule has 0 fully saturated rings. The quantitative estimate of drug-likeness (QED) is 0.775. The fourth-order valence-electron chi connectivity index (χ4n) is 1.32. The minimum Gasteiger partial charge on any atom is -0.465 e. The highest BCUT2D eigenvalue weighted by molar-refractivity contribution is 9.10. The van der Waals surface area contributed by atoms with Gasteiger partial charge in [-0.05, 0) is 30.5 Å². The van der Waals surface area contributed by atoms with Gasteiger partial charge in [0.1, 0.15) is 0 Å². The van der Waals surface area contributed by atoms with Crippen molar-refractivity contribution >= 4 is 21.9 Å². The second-order valence-corrected chi connectivity index (χ2v) is 5.41. The highest BCUT2D eigenvalue weighted by Crippen LogP contribution is 2.21. The Bertz CT molecular complexity index is 416. The van der Waals surface area contributed by atoms with E-state index in [-0.39, 0.29) is 12.1 Å². The molecule has 0 aliphatic rings. The average Bonchev–Trinajstić information content (AvgIpc) is 2.35. The van der Waals surface area contributed by atoms with Crippen LogP contribution in [0.2, 0.25) is 0 Å². The molecule has 0 aromatic heterocycles. The molecule has 0 saturated carbocycles. The minimum absolute atomic E-state index is 0.206. The van der Waals surface area contributed by atoms with Gasteiger partial charge in [0.25, 0.3) is 0 Å². The molecule has 0 saturated heterocycles. The van der Waals surface area contributed by atoms with Gasteiger partial charge >= 0.3 is 5.97 Å². The first-order valence-electron chi connectivity index (χ1n) is 5.94. The maximum atomic E-state index is 11.4. The Hall–Kier alpha value is -0.870. The molecule has 0 aliphatic carbocycles. The predicted molar refractivity (Wildman–Crippen MR) is 74.6 cm³/mol. The van der Waals surface area contributed by atoms with E-state index in [0.29, 0.717) is 18.1 Å². The number of hydrogen-bond acceptors (Lipinski definition) is 3. The Kier molecular flexibility index (Phi) is 5.82. The molecule has 1 unspecified atom stereocenters. The number of carbonyl (C=O) groups excluding carboxylic acids is 1. The molecule has 1 aromatic rings. The maximum absolute atomic E-state index is 11.4. The van der Waals surface area contributed by atoms with Crippen LogP contribution < -0.4 is 0 Å². The van der Waals surface area contributed by atoms with Crippen LogP contribution in [0.25, 0.3) is 0 Å². The van der Waals surface area contributed by atoms with Crippen molar-refractivity contribution < 1.29 is 14.3 Å². The van der Waals surface area contributed by atoms with E-state index >= 15 is 0 Å². The zero-order chi connectivity index (χ0) is 13.7. The third kappa shape index (κ3) is 4.10. The van der Waals surface area contributed by atoms with E-state index in [0.717, 1.165) is 10.0 Å². The molecule has 1 aromatic carbocycles. The molecule has 100 valence electrons. The minimum atomic E-state index is -0.335. The number of ether oxygens (including phenoxy) is 2. The standard InChI is InChI=1S/C14H19BrO3/c1-9(2)10(3)18-8-12-6-5-11(7-13(12)15)14(16)17-4/h5-7,9-10H,8H2,1-4H3. The molecule has 0 N–H and O–H groups in total. The van der Waals surface area contributed by atoms with Crippen LogP contribution in [0.5, 0.6) is 0 Å². The van der Waals surface area contributed by atoms with Crippen molar-refractivity contribution in [2.45, 2.75) is 33.5 Å². The summed E-state index contributed by atoms with van der Waals surface area (Å²) in [6, 6.07) is 5.38. The van der Waals surface area contributed by atoms with E-state index in [1.807, 2.05) is 6.07 Å². The van der Waals surface area contributed by atoms with Crippen LogP contribution in [-0.2, 0) is 16.1 Å². The fourth-order valence-corrected chi connectivity index (χ4v) is 1.82. The van der Waals surface area contributed by atoms with Crippen LogP contribution in [0, 0.1) is 5.92 Å². The first kappa shape index (κ1) is 15.2. The van der Waals surface area contributed by atoms with Gasteiger partial charge in [-0.1, -0.05) is 35.8 Å². The summed E-state index contributed by atoms with van der Waals surface area (Å²) in [6.45, 7) is 6.84. The number of methoxy groups -OCH3 is 1. The third-order valence-electron chi connectivity index (χ3n) is 2.91. The number of rotatable bonds is 5.